The van der Waals surface area contributed by atoms with E-state index in [1.54, 1.807) is 11.0 Å². The van der Waals surface area contributed by atoms with Crippen molar-refractivity contribution in [2.45, 2.75) is 27.3 Å². The molecule has 1 N–H and O–H groups in total. The monoisotopic (exact) mass is 360 g/mol. The second kappa shape index (κ2) is 8.45. The molecule has 0 saturated carbocycles. The summed E-state index contributed by atoms with van der Waals surface area (Å²) in [6.07, 6.45) is 0. The minimum atomic E-state index is -0.131. The third-order valence-corrected chi connectivity index (χ3v) is 4.40. The summed E-state index contributed by atoms with van der Waals surface area (Å²) in [6.45, 7) is 7.08. The molecule has 0 spiro atoms. The molecule has 1 heterocycles. The van der Waals surface area contributed by atoms with Crippen LogP contribution in [0.4, 0.5) is 11.6 Å². The lowest BCUT2D eigenvalue weighted by atomic mass is 10.1. The molecule has 0 aliphatic carbocycles. The molecule has 1 aromatic heterocycles. The third kappa shape index (κ3) is 4.50. The average molecular weight is 360 g/mol. The Labute approximate surface area is 160 Å². The lowest BCUT2D eigenvalue weighted by Crippen LogP contribution is -2.31. The highest BCUT2D eigenvalue weighted by atomic mass is 16.2. The van der Waals surface area contributed by atoms with E-state index in [1.165, 1.54) is 11.1 Å². The Balaban J connectivity index is 1.82. The Morgan fingerprint density at radius 3 is 2.41 bits per heavy atom. The molecular weight excluding hydrogens is 336 g/mol. The summed E-state index contributed by atoms with van der Waals surface area (Å²) in [5.41, 5.74) is 4.38. The molecule has 0 aliphatic heterocycles. The predicted molar refractivity (Wildman–Crippen MR) is 109 cm³/mol. The Morgan fingerprint density at radius 1 is 1.00 bits per heavy atom. The number of hydrogen-bond donors (Lipinski definition) is 1. The fraction of sp³-hybridized carbons (Fsp3) is 0.227. The van der Waals surface area contributed by atoms with Gasteiger partial charge in [-0.15, -0.1) is 0 Å². The SMILES string of the molecule is CCN(C(=O)c1cc(C)nc(NCc2ccccc2C)n1)c1ccccc1. The van der Waals surface area contributed by atoms with Crippen LogP contribution in [0.2, 0.25) is 0 Å². The smallest absolute Gasteiger partial charge is 0.277 e. The van der Waals surface area contributed by atoms with Gasteiger partial charge in [-0.1, -0.05) is 42.5 Å². The largest absolute Gasteiger partial charge is 0.350 e. The predicted octanol–water partition coefficient (Wildman–Crippen LogP) is 4.37. The molecular formula is C22H24N4O. The summed E-state index contributed by atoms with van der Waals surface area (Å²) >= 11 is 0. The maximum atomic E-state index is 13.0. The first-order valence-corrected chi connectivity index (χ1v) is 9.09. The molecule has 0 radical (unpaired) electrons. The number of carbonyl (C=O) groups is 1. The van der Waals surface area contributed by atoms with E-state index in [4.69, 9.17) is 0 Å². The molecule has 5 heteroatoms. The Kier molecular flexibility index (Phi) is 5.81. The highest BCUT2D eigenvalue weighted by Crippen LogP contribution is 2.17. The molecule has 0 bridgehead atoms. The van der Waals surface area contributed by atoms with Gasteiger partial charge in [-0.2, -0.15) is 0 Å². The van der Waals surface area contributed by atoms with Gasteiger partial charge in [0.25, 0.3) is 5.91 Å². The second-order valence-electron chi connectivity index (χ2n) is 6.38. The number of amides is 1. The van der Waals surface area contributed by atoms with Crippen molar-refractivity contribution in [3.63, 3.8) is 0 Å². The number of anilines is 2. The number of para-hydroxylation sites is 1. The number of nitrogens with one attached hydrogen (secondary N) is 1. The zero-order valence-electron chi connectivity index (χ0n) is 15.9. The van der Waals surface area contributed by atoms with Crippen LogP contribution >= 0.6 is 0 Å². The maximum absolute atomic E-state index is 13.0. The van der Waals surface area contributed by atoms with Crippen molar-refractivity contribution in [3.8, 4) is 0 Å². The zero-order valence-corrected chi connectivity index (χ0v) is 15.9. The standard InChI is InChI=1S/C22H24N4O/c1-4-26(19-12-6-5-7-13-19)21(27)20-14-17(3)24-22(25-20)23-15-18-11-9-8-10-16(18)2/h5-14H,4,15H2,1-3H3,(H,23,24,25). The first-order valence-electron chi connectivity index (χ1n) is 9.09. The first kappa shape index (κ1) is 18.6. The lowest BCUT2D eigenvalue weighted by Gasteiger charge is -2.21. The molecule has 138 valence electrons. The molecule has 0 fully saturated rings. The van der Waals surface area contributed by atoms with Crippen LogP contribution in [0.1, 0.15) is 34.2 Å². The van der Waals surface area contributed by atoms with Crippen LogP contribution in [0.25, 0.3) is 0 Å². The topological polar surface area (TPSA) is 58.1 Å². The highest BCUT2D eigenvalue weighted by Gasteiger charge is 2.18. The maximum Gasteiger partial charge on any atom is 0.277 e. The molecule has 3 rings (SSSR count). The molecule has 1 amide bonds. The number of aromatic nitrogens is 2. The van der Waals surface area contributed by atoms with Crippen molar-refractivity contribution in [2.24, 2.45) is 0 Å². The van der Waals surface area contributed by atoms with E-state index in [2.05, 4.69) is 34.3 Å². The summed E-state index contributed by atoms with van der Waals surface area (Å²) in [5, 5.41) is 3.24. The normalized spacial score (nSPS) is 10.5. The zero-order chi connectivity index (χ0) is 19.2. The van der Waals surface area contributed by atoms with Crippen LogP contribution in [0.3, 0.4) is 0 Å². The van der Waals surface area contributed by atoms with Gasteiger partial charge < -0.3 is 10.2 Å². The van der Waals surface area contributed by atoms with Crippen LogP contribution in [-0.2, 0) is 6.54 Å². The lowest BCUT2D eigenvalue weighted by molar-refractivity contribution is 0.0983. The van der Waals surface area contributed by atoms with E-state index < -0.39 is 0 Å². The number of carbonyl (C=O) groups excluding carboxylic acids is 1. The molecule has 0 saturated heterocycles. The summed E-state index contributed by atoms with van der Waals surface area (Å²) in [4.78, 5) is 23.6. The van der Waals surface area contributed by atoms with Gasteiger partial charge in [0.05, 0.1) is 0 Å². The highest BCUT2D eigenvalue weighted by molar-refractivity contribution is 6.04. The van der Waals surface area contributed by atoms with Gasteiger partial charge in [-0.05, 0) is 50.1 Å². The van der Waals surface area contributed by atoms with Gasteiger partial charge in [-0.3, -0.25) is 4.79 Å². The van der Waals surface area contributed by atoms with Gasteiger partial charge in [0, 0.05) is 24.5 Å². The van der Waals surface area contributed by atoms with Crippen LogP contribution in [-0.4, -0.2) is 22.4 Å². The number of hydrogen-bond acceptors (Lipinski definition) is 4. The summed E-state index contributed by atoms with van der Waals surface area (Å²) in [7, 11) is 0. The van der Waals surface area contributed by atoms with E-state index in [0.717, 1.165) is 11.4 Å². The fourth-order valence-corrected chi connectivity index (χ4v) is 2.93. The number of nitrogens with zero attached hydrogens (tertiary/aromatic N) is 3. The van der Waals surface area contributed by atoms with Crippen molar-refractivity contribution in [2.75, 3.05) is 16.8 Å². The van der Waals surface area contributed by atoms with Crippen molar-refractivity contribution in [1.29, 1.82) is 0 Å². The minimum Gasteiger partial charge on any atom is -0.350 e. The van der Waals surface area contributed by atoms with E-state index in [-0.39, 0.29) is 5.91 Å². The number of aryl methyl sites for hydroxylation is 2. The van der Waals surface area contributed by atoms with Crippen molar-refractivity contribution in [1.82, 2.24) is 9.97 Å². The van der Waals surface area contributed by atoms with Crippen LogP contribution in [0, 0.1) is 13.8 Å². The Hall–Kier alpha value is -3.21. The number of benzene rings is 2. The molecule has 3 aromatic rings. The van der Waals surface area contributed by atoms with E-state index in [1.807, 2.05) is 56.3 Å². The van der Waals surface area contributed by atoms with Crippen molar-refractivity contribution < 1.29 is 4.79 Å². The van der Waals surface area contributed by atoms with Gasteiger partial charge >= 0.3 is 0 Å². The van der Waals surface area contributed by atoms with Crippen molar-refractivity contribution >= 4 is 17.5 Å². The van der Waals surface area contributed by atoms with E-state index in [9.17, 15) is 4.79 Å². The summed E-state index contributed by atoms with van der Waals surface area (Å²) < 4.78 is 0. The van der Waals surface area contributed by atoms with Crippen LogP contribution < -0.4 is 10.2 Å². The van der Waals surface area contributed by atoms with Crippen LogP contribution in [0.15, 0.2) is 60.7 Å². The Bertz CT molecular complexity index is 925. The quantitative estimate of drug-likeness (QED) is 0.709. The summed E-state index contributed by atoms with van der Waals surface area (Å²) in [6, 6.07) is 19.5. The average Bonchev–Trinajstić information content (AvgIpc) is 2.68. The fourth-order valence-electron chi connectivity index (χ4n) is 2.93. The first-order chi connectivity index (χ1) is 13.1. The Morgan fingerprint density at radius 2 is 1.70 bits per heavy atom. The van der Waals surface area contributed by atoms with Crippen molar-refractivity contribution in [3.05, 3.63) is 83.2 Å². The van der Waals surface area contributed by atoms with Gasteiger partial charge in [0.2, 0.25) is 5.95 Å². The van der Waals surface area contributed by atoms with Gasteiger partial charge in [-0.25, -0.2) is 9.97 Å². The van der Waals surface area contributed by atoms with Crippen LogP contribution in [0.5, 0.6) is 0 Å². The summed E-state index contributed by atoms with van der Waals surface area (Å²) in [5.74, 6) is 0.332. The van der Waals surface area contributed by atoms with E-state index >= 15 is 0 Å². The molecule has 2 aromatic carbocycles. The number of rotatable bonds is 6. The molecule has 0 unspecified atom stereocenters. The van der Waals surface area contributed by atoms with Gasteiger partial charge in [0.1, 0.15) is 5.69 Å². The molecule has 0 atom stereocenters. The minimum absolute atomic E-state index is 0.131. The molecule has 27 heavy (non-hydrogen) atoms. The van der Waals surface area contributed by atoms with E-state index in [0.29, 0.717) is 24.7 Å². The molecule has 0 aliphatic rings. The van der Waals surface area contributed by atoms with Gasteiger partial charge in [0.15, 0.2) is 0 Å². The third-order valence-electron chi connectivity index (χ3n) is 4.40. The molecule has 5 nitrogen and oxygen atoms in total. The second-order valence-corrected chi connectivity index (χ2v) is 6.38.